The molecule has 0 bridgehead atoms. The molecule has 0 spiro atoms. The van der Waals surface area contributed by atoms with E-state index in [1.165, 1.54) is 12.1 Å². The minimum atomic E-state index is -1.07. The van der Waals surface area contributed by atoms with Gasteiger partial charge in [0.15, 0.2) is 0 Å². The Morgan fingerprint density at radius 1 is 1.06 bits per heavy atom. The van der Waals surface area contributed by atoms with Crippen molar-refractivity contribution >= 4 is 28.8 Å². The highest BCUT2D eigenvalue weighted by Crippen LogP contribution is 2.22. The molecule has 0 unspecified atom stereocenters. The fraction of sp³-hybridized carbons (Fsp3) is 0. The number of carbonyl (C=O) groups is 2. The molecule has 0 aliphatic heterocycles. The summed E-state index contributed by atoms with van der Waals surface area (Å²) in [6, 6.07) is 10.3. The Kier molecular flexibility index (Phi) is 3.10. The van der Waals surface area contributed by atoms with Crippen molar-refractivity contribution in [3.63, 3.8) is 0 Å². The van der Waals surface area contributed by atoms with Crippen LogP contribution >= 0.6 is 0 Å². The molecule has 2 N–H and O–H groups in total. The Hall–Kier alpha value is -2.62. The van der Waals surface area contributed by atoms with E-state index in [0.717, 1.165) is 16.8 Å². The average molecular weight is 242 g/mol. The molecule has 0 amide bonds. The van der Waals surface area contributed by atoms with Crippen LogP contribution in [0.4, 0.5) is 0 Å². The van der Waals surface area contributed by atoms with Gasteiger partial charge in [-0.05, 0) is 34.5 Å². The SMILES string of the molecule is O=C(O)/C=C/c1cc(C(=O)O)cc2ccccc12. The van der Waals surface area contributed by atoms with Gasteiger partial charge < -0.3 is 10.2 Å². The van der Waals surface area contributed by atoms with Crippen LogP contribution in [0.15, 0.2) is 42.5 Å². The first-order chi connectivity index (χ1) is 8.58. The molecule has 0 radical (unpaired) electrons. The lowest BCUT2D eigenvalue weighted by Gasteiger charge is -2.04. The molecule has 0 saturated carbocycles. The first-order valence-corrected chi connectivity index (χ1v) is 5.25. The number of hydrogen-bond donors (Lipinski definition) is 2. The quantitative estimate of drug-likeness (QED) is 0.811. The van der Waals surface area contributed by atoms with Crippen molar-refractivity contribution in [3.05, 3.63) is 53.6 Å². The van der Waals surface area contributed by atoms with Gasteiger partial charge in [0, 0.05) is 6.08 Å². The standard InChI is InChI=1S/C14H10O4/c15-13(16)6-5-10-8-11(14(17)18)7-9-3-1-2-4-12(9)10/h1-8H,(H,15,16)(H,17,18)/b6-5+. The minimum absolute atomic E-state index is 0.138. The number of benzene rings is 2. The van der Waals surface area contributed by atoms with E-state index < -0.39 is 11.9 Å². The van der Waals surface area contributed by atoms with Crippen LogP contribution in [0.5, 0.6) is 0 Å². The molecule has 18 heavy (non-hydrogen) atoms. The Balaban J connectivity index is 2.68. The maximum Gasteiger partial charge on any atom is 0.335 e. The van der Waals surface area contributed by atoms with Gasteiger partial charge in [-0.15, -0.1) is 0 Å². The minimum Gasteiger partial charge on any atom is -0.478 e. The third-order valence-electron chi connectivity index (χ3n) is 2.55. The average Bonchev–Trinajstić information content (AvgIpc) is 2.35. The molecule has 2 aromatic rings. The zero-order valence-electron chi connectivity index (χ0n) is 9.33. The zero-order chi connectivity index (χ0) is 13.1. The van der Waals surface area contributed by atoms with Crippen LogP contribution < -0.4 is 0 Å². The molecule has 0 atom stereocenters. The summed E-state index contributed by atoms with van der Waals surface area (Å²) in [5.41, 5.74) is 0.714. The van der Waals surface area contributed by atoms with E-state index in [1.807, 2.05) is 12.1 Å². The molecule has 0 aliphatic rings. The summed E-state index contributed by atoms with van der Waals surface area (Å²) in [4.78, 5) is 21.5. The molecule has 0 saturated heterocycles. The van der Waals surface area contributed by atoms with E-state index in [9.17, 15) is 9.59 Å². The summed E-state index contributed by atoms with van der Waals surface area (Å²) in [5, 5.41) is 19.2. The highest BCUT2D eigenvalue weighted by Gasteiger charge is 2.07. The molecule has 0 heterocycles. The number of carboxylic acid groups (broad SMARTS) is 2. The summed E-state index contributed by atoms with van der Waals surface area (Å²) < 4.78 is 0. The fourth-order valence-electron chi connectivity index (χ4n) is 1.76. The first kappa shape index (κ1) is 11.9. The van der Waals surface area contributed by atoms with Crippen LogP contribution in [0.25, 0.3) is 16.8 Å². The monoisotopic (exact) mass is 242 g/mol. The van der Waals surface area contributed by atoms with Gasteiger partial charge in [0.2, 0.25) is 0 Å². The molecular weight excluding hydrogens is 232 g/mol. The lowest BCUT2D eigenvalue weighted by atomic mass is 10.0. The van der Waals surface area contributed by atoms with Crippen LogP contribution in [-0.2, 0) is 4.79 Å². The van der Waals surface area contributed by atoms with Crippen molar-refractivity contribution in [1.82, 2.24) is 0 Å². The van der Waals surface area contributed by atoms with Crippen LogP contribution in [0.3, 0.4) is 0 Å². The zero-order valence-corrected chi connectivity index (χ0v) is 9.33. The van der Waals surface area contributed by atoms with E-state index >= 15 is 0 Å². The van der Waals surface area contributed by atoms with E-state index in [0.29, 0.717) is 5.56 Å². The lowest BCUT2D eigenvalue weighted by molar-refractivity contribution is -0.131. The van der Waals surface area contributed by atoms with Gasteiger partial charge in [-0.25, -0.2) is 9.59 Å². The molecule has 90 valence electrons. The Morgan fingerprint density at radius 2 is 1.78 bits per heavy atom. The number of hydrogen-bond acceptors (Lipinski definition) is 2. The summed E-state index contributed by atoms with van der Waals surface area (Å²) in [7, 11) is 0. The van der Waals surface area contributed by atoms with Crippen molar-refractivity contribution in [2.45, 2.75) is 0 Å². The van der Waals surface area contributed by atoms with Crippen molar-refractivity contribution < 1.29 is 19.8 Å². The van der Waals surface area contributed by atoms with Gasteiger partial charge in [-0.2, -0.15) is 0 Å². The largest absolute Gasteiger partial charge is 0.478 e. The predicted octanol–water partition coefficient (Wildman–Crippen LogP) is 2.64. The number of fused-ring (bicyclic) bond motifs is 1. The normalized spacial score (nSPS) is 10.9. The summed E-state index contributed by atoms with van der Waals surface area (Å²) in [6.45, 7) is 0. The highest BCUT2D eigenvalue weighted by atomic mass is 16.4. The van der Waals surface area contributed by atoms with Gasteiger partial charge in [0.1, 0.15) is 0 Å². The van der Waals surface area contributed by atoms with Gasteiger partial charge in [-0.3, -0.25) is 0 Å². The van der Waals surface area contributed by atoms with E-state index in [4.69, 9.17) is 10.2 Å². The van der Waals surface area contributed by atoms with E-state index in [-0.39, 0.29) is 5.56 Å². The van der Waals surface area contributed by atoms with Crippen molar-refractivity contribution in [1.29, 1.82) is 0 Å². The maximum absolute atomic E-state index is 11.0. The molecule has 0 fully saturated rings. The first-order valence-electron chi connectivity index (χ1n) is 5.25. The number of carboxylic acids is 2. The predicted molar refractivity (Wildman–Crippen MR) is 67.6 cm³/mol. The van der Waals surface area contributed by atoms with E-state index in [2.05, 4.69) is 0 Å². The summed E-state index contributed by atoms with van der Waals surface area (Å²) in [5.74, 6) is -2.11. The molecule has 4 heteroatoms. The number of rotatable bonds is 3. The Morgan fingerprint density at radius 3 is 2.44 bits per heavy atom. The summed E-state index contributed by atoms with van der Waals surface area (Å²) in [6.07, 6.45) is 2.39. The van der Waals surface area contributed by atoms with Crippen LogP contribution in [-0.4, -0.2) is 22.2 Å². The molecule has 4 nitrogen and oxygen atoms in total. The molecule has 0 aromatic heterocycles. The second-order valence-electron chi connectivity index (χ2n) is 3.76. The van der Waals surface area contributed by atoms with Gasteiger partial charge in [-0.1, -0.05) is 24.3 Å². The highest BCUT2D eigenvalue weighted by molar-refractivity contribution is 6.00. The third kappa shape index (κ3) is 2.38. The molecular formula is C14H10O4. The summed E-state index contributed by atoms with van der Waals surface area (Å²) >= 11 is 0. The van der Waals surface area contributed by atoms with Gasteiger partial charge in [0.25, 0.3) is 0 Å². The van der Waals surface area contributed by atoms with Crippen molar-refractivity contribution in [3.8, 4) is 0 Å². The van der Waals surface area contributed by atoms with Crippen LogP contribution in [0.1, 0.15) is 15.9 Å². The lowest BCUT2D eigenvalue weighted by Crippen LogP contribution is -1.97. The smallest absolute Gasteiger partial charge is 0.335 e. The maximum atomic E-state index is 11.0. The van der Waals surface area contributed by atoms with Crippen molar-refractivity contribution in [2.24, 2.45) is 0 Å². The Labute approximate surface area is 103 Å². The van der Waals surface area contributed by atoms with Crippen LogP contribution in [0, 0.1) is 0 Å². The fourth-order valence-corrected chi connectivity index (χ4v) is 1.76. The number of aromatic carboxylic acids is 1. The second-order valence-corrected chi connectivity index (χ2v) is 3.76. The molecule has 0 aliphatic carbocycles. The molecule has 2 aromatic carbocycles. The van der Waals surface area contributed by atoms with Crippen molar-refractivity contribution in [2.75, 3.05) is 0 Å². The molecule has 2 rings (SSSR count). The Bertz CT molecular complexity index is 656. The van der Waals surface area contributed by atoms with E-state index in [1.54, 1.807) is 18.2 Å². The topological polar surface area (TPSA) is 74.6 Å². The van der Waals surface area contributed by atoms with Gasteiger partial charge >= 0.3 is 11.9 Å². The van der Waals surface area contributed by atoms with Gasteiger partial charge in [0.05, 0.1) is 5.56 Å². The third-order valence-corrected chi connectivity index (χ3v) is 2.55. The number of aliphatic carboxylic acids is 1. The van der Waals surface area contributed by atoms with Crippen LogP contribution in [0.2, 0.25) is 0 Å². The second kappa shape index (κ2) is 4.71.